The number of hydrogen-bond acceptors (Lipinski definition) is 7. The predicted octanol–water partition coefficient (Wildman–Crippen LogP) is 2.46. The topological polar surface area (TPSA) is 126 Å². The molecule has 0 amide bonds. The third-order valence-corrected chi connectivity index (χ3v) is 3.68. The zero-order valence-corrected chi connectivity index (χ0v) is 13.8. The van der Waals surface area contributed by atoms with E-state index in [2.05, 4.69) is 10.1 Å². The van der Waals surface area contributed by atoms with Crippen molar-refractivity contribution in [3.8, 4) is 11.1 Å². The highest BCUT2D eigenvalue weighted by atomic mass is 16.6. The number of nitro groups is 1. The molecule has 0 aliphatic rings. The summed E-state index contributed by atoms with van der Waals surface area (Å²) in [6, 6.07) is 6.03. The number of carbonyl (C=O) groups is 1. The minimum atomic E-state index is -0.475. The van der Waals surface area contributed by atoms with Crippen molar-refractivity contribution in [3.05, 3.63) is 58.5 Å². The van der Waals surface area contributed by atoms with E-state index in [9.17, 15) is 14.9 Å². The summed E-state index contributed by atoms with van der Waals surface area (Å²) in [4.78, 5) is 26.0. The molecule has 1 aromatic carbocycles. The molecule has 0 aliphatic carbocycles. The van der Waals surface area contributed by atoms with Gasteiger partial charge in [-0.15, -0.1) is 0 Å². The van der Waals surface area contributed by atoms with Crippen LogP contribution in [0, 0.1) is 10.1 Å². The largest absolute Gasteiger partial charge is 0.463 e. The first-order chi connectivity index (χ1) is 12.5. The number of non-ortho nitro benzene ring substituents is 1. The summed E-state index contributed by atoms with van der Waals surface area (Å²) in [5.41, 5.74) is 8.52. The number of nitro benzene ring substituents is 1. The number of hydrogen-bond donors (Lipinski definition) is 1. The van der Waals surface area contributed by atoms with Crippen LogP contribution in [0.3, 0.4) is 0 Å². The van der Waals surface area contributed by atoms with Gasteiger partial charge < -0.3 is 10.5 Å². The number of nitrogen functional groups attached to an aromatic ring is 1. The first-order valence-electron chi connectivity index (χ1n) is 7.72. The SMILES string of the molecule is CCOC(=O)/C=C/c1cn2ncnc(N)c2c1-c1ccc([N+](=O)[O-])cc1. The van der Waals surface area contributed by atoms with E-state index >= 15 is 0 Å². The molecule has 0 atom stereocenters. The van der Waals surface area contributed by atoms with Crippen molar-refractivity contribution in [2.45, 2.75) is 6.92 Å². The van der Waals surface area contributed by atoms with Gasteiger partial charge in [0, 0.05) is 35.5 Å². The molecule has 0 spiro atoms. The first-order valence-corrected chi connectivity index (χ1v) is 7.72. The molecule has 3 aromatic rings. The quantitative estimate of drug-likeness (QED) is 0.323. The summed E-state index contributed by atoms with van der Waals surface area (Å²) in [7, 11) is 0. The minimum absolute atomic E-state index is 0.0231. The highest BCUT2D eigenvalue weighted by Crippen LogP contribution is 2.34. The van der Waals surface area contributed by atoms with Gasteiger partial charge in [0.05, 0.1) is 11.5 Å². The van der Waals surface area contributed by atoms with E-state index < -0.39 is 10.9 Å². The van der Waals surface area contributed by atoms with Gasteiger partial charge in [-0.2, -0.15) is 5.10 Å². The molecule has 0 radical (unpaired) electrons. The fourth-order valence-electron chi connectivity index (χ4n) is 2.58. The van der Waals surface area contributed by atoms with E-state index in [0.717, 1.165) is 0 Å². The monoisotopic (exact) mass is 353 g/mol. The molecule has 132 valence electrons. The Morgan fingerprint density at radius 3 is 2.77 bits per heavy atom. The van der Waals surface area contributed by atoms with Crippen molar-refractivity contribution in [1.29, 1.82) is 0 Å². The fourth-order valence-corrected chi connectivity index (χ4v) is 2.58. The van der Waals surface area contributed by atoms with Crippen molar-refractivity contribution in [3.63, 3.8) is 0 Å². The van der Waals surface area contributed by atoms with E-state index in [-0.39, 0.29) is 18.1 Å². The van der Waals surface area contributed by atoms with Gasteiger partial charge in [-0.1, -0.05) is 0 Å². The Labute approximate surface area is 147 Å². The molecular formula is C17H15N5O4. The molecule has 0 fully saturated rings. The lowest BCUT2D eigenvalue weighted by Crippen LogP contribution is -1.98. The Morgan fingerprint density at radius 1 is 1.38 bits per heavy atom. The molecule has 9 nitrogen and oxygen atoms in total. The Kier molecular flexibility index (Phi) is 4.61. The van der Waals surface area contributed by atoms with Crippen LogP contribution in [0.2, 0.25) is 0 Å². The van der Waals surface area contributed by atoms with Crippen LogP contribution in [0.15, 0.2) is 42.9 Å². The lowest BCUT2D eigenvalue weighted by Gasteiger charge is -2.04. The Bertz CT molecular complexity index is 1010. The third-order valence-electron chi connectivity index (χ3n) is 3.68. The lowest BCUT2D eigenvalue weighted by molar-refractivity contribution is -0.384. The number of fused-ring (bicyclic) bond motifs is 1. The second-order valence-corrected chi connectivity index (χ2v) is 5.29. The number of anilines is 1. The molecule has 2 aromatic heterocycles. The molecule has 2 heterocycles. The second-order valence-electron chi connectivity index (χ2n) is 5.29. The molecule has 0 saturated carbocycles. The number of rotatable bonds is 5. The molecule has 0 aliphatic heterocycles. The van der Waals surface area contributed by atoms with Crippen LogP contribution in [-0.2, 0) is 9.53 Å². The van der Waals surface area contributed by atoms with Crippen LogP contribution in [0.1, 0.15) is 12.5 Å². The summed E-state index contributed by atoms with van der Waals surface area (Å²) in [5, 5.41) is 15.0. The van der Waals surface area contributed by atoms with Crippen molar-refractivity contribution >= 4 is 29.1 Å². The van der Waals surface area contributed by atoms with Gasteiger partial charge >= 0.3 is 5.97 Å². The van der Waals surface area contributed by atoms with E-state index in [1.54, 1.807) is 35.8 Å². The van der Waals surface area contributed by atoms with Crippen LogP contribution in [0.4, 0.5) is 11.5 Å². The van der Waals surface area contributed by atoms with Crippen LogP contribution < -0.4 is 5.73 Å². The number of nitrogens with two attached hydrogens (primary N) is 1. The highest BCUT2D eigenvalue weighted by Gasteiger charge is 2.16. The van der Waals surface area contributed by atoms with Gasteiger partial charge in [-0.05, 0) is 30.7 Å². The van der Waals surface area contributed by atoms with Crippen molar-refractivity contribution in [2.24, 2.45) is 0 Å². The maximum absolute atomic E-state index is 11.6. The van der Waals surface area contributed by atoms with Gasteiger partial charge in [0.25, 0.3) is 5.69 Å². The standard InChI is InChI=1S/C17H15N5O4/c1-2-26-14(23)8-5-12-9-21-16(17(18)19-10-20-21)15(12)11-3-6-13(7-4-11)22(24)25/h3-10H,2H2,1H3,(H2,18,19,20)/b8-5+. The lowest BCUT2D eigenvalue weighted by atomic mass is 10.0. The van der Waals surface area contributed by atoms with Gasteiger partial charge in [-0.3, -0.25) is 10.1 Å². The van der Waals surface area contributed by atoms with E-state index in [1.165, 1.54) is 24.5 Å². The van der Waals surface area contributed by atoms with Gasteiger partial charge in [0.15, 0.2) is 5.82 Å². The molecule has 3 rings (SSSR count). The van der Waals surface area contributed by atoms with Crippen molar-refractivity contribution in [2.75, 3.05) is 12.3 Å². The first kappa shape index (κ1) is 17.1. The van der Waals surface area contributed by atoms with Crippen molar-refractivity contribution < 1.29 is 14.5 Å². The number of aromatic nitrogens is 3. The number of carbonyl (C=O) groups excluding carboxylic acids is 1. The summed E-state index contributed by atoms with van der Waals surface area (Å²) in [6.45, 7) is 1.99. The maximum atomic E-state index is 11.6. The number of ether oxygens (including phenoxy) is 1. The molecule has 26 heavy (non-hydrogen) atoms. The summed E-state index contributed by atoms with van der Waals surface area (Å²) in [6.07, 6.45) is 5.90. The average molecular weight is 353 g/mol. The molecule has 2 N–H and O–H groups in total. The average Bonchev–Trinajstić information content (AvgIpc) is 3.00. The minimum Gasteiger partial charge on any atom is -0.463 e. The second kappa shape index (κ2) is 7.01. The molecule has 0 unspecified atom stereocenters. The zero-order valence-electron chi connectivity index (χ0n) is 13.8. The zero-order chi connectivity index (χ0) is 18.7. The van der Waals surface area contributed by atoms with Crippen molar-refractivity contribution in [1.82, 2.24) is 14.6 Å². The van der Waals surface area contributed by atoms with Crippen LogP contribution in [0.25, 0.3) is 22.7 Å². The van der Waals surface area contributed by atoms with E-state index in [1.807, 2.05) is 0 Å². The summed E-state index contributed by atoms with van der Waals surface area (Å²) in [5.74, 6) is -0.222. The number of esters is 1. The molecular weight excluding hydrogens is 338 g/mol. The normalized spacial score (nSPS) is 11.1. The smallest absolute Gasteiger partial charge is 0.330 e. The van der Waals surface area contributed by atoms with Crippen LogP contribution >= 0.6 is 0 Å². The summed E-state index contributed by atoms with van der Waals surface area (Å²) < 4.78 is 6.43. The highest BCUT2D eigenvalue weighted by molar-refractivity contribution is 5.96. The third kappa shape index (κ3) is 3.22. The van der Waals surface area contributed by atoms with E-state index in [4.69, 9.17) is 10.5 Å². The fraction of sp³-hybridized carbons (Fsp3) is 0.118. The molecule has 0 saturated heterocycles. The maximum Gasteiger partial charge on any atom is 0.330 e. The molecule has 0 bridgehead atoms. The number of benzene rings is 1. The number of nitrogens with zero attached hydrogens (tertiary/aromatic N) is 4. The van der Waals surface area contributed by atoms with Crippen LogP contribution in [-0.4, -0.2) is 32.1 Å². The van der Waals surface area contributed by atoms with Gasteiger partial charge in [0.2, 0.25) is 0 Å². The van der Waals surface area contributed by atoms with Crippen LogP contribution in [0.5, 0.6) is 0 Å². The Hall–Kier alpha value is -3.75. The Balaban J connectivity index is 2.16. The summed E-state index contributed by atoms with van der Waals surface area (Å²) >= 11 is 0. The van der Waals surface area contributed by atoms with Gasteiger partial charge in [-0.25, -0.2) is 14.3 Å². The predicted molar refractivity (Wildman–Crippen MR) is 95.2 cm³/mol. The van der Waals surface area contributed by atoms with Gasteiger partial charge in [0.1, 0.15) is 11.8 Å². The Morgan fingerprint density at radius 2 is 2.12 bits per heavy atom. The van der Waals surface area contributed by atoms with E-state index in [0.29, 0.717) is 22.2 Å². The molecule has 9 heteroatoms.